The number of methoxy groups -OCH3 is 1. The molecule has 1 aliphatic heterocycles. The van der Waals surface area contributed by atoms with Gasteiger partial charge in [-0.3, -0.25) is 14.4 Å². The molecule has 4 atom stereocenters. The molecule has 3 rings (SSSR count). The molecular formula is C38H49ClN2O7. The van der Waals surface area contributed by atoms with Gasteiger partial charge in [-0.05, 0) is 80.5 Å². The van der Waals surface area contributed by atoms with Crippen molar-refractivity contribution in [1.82, 2.24) is 10.6 Å². The van der Waals surface area contributed by atoms with Crippen molar-refractivity contribution in [3.8, 4) is 5.75 Å². The van der Waals surface area contributed by atoms with Gasteiger partial charge in [0, 0.05) is 25.3 Å². The molecule has 0 bridgehead atoms. The largest absolute Gasteiger partial charge is 0.495 e. The quantitative estimate of drug-likeness (QED) is 0.314. The summed E-state index contributed by atoms with van der Waals surface area (Å²) >= 11 is 6.32. The summed E-state index contributed by atoms with van der Waals surface area (Å²) < 4.78 is 17.0. The van der Waals surface area contributed by atoms with Crippen molar-refractivity contribution in [3.05, 3.63) is 81.9 Å². The summed E-state index contributed by atoms with van der Waals surface area (Å²) in [6.45, 7) is 13.0. The van der Waals surface area contributed by atoms with Crippen LogP contribution in [-0.4, -0.2) is 55.7 Å². The SMILES string of the molecule is COc1ccc(CC2NC(=O)/C=C/CC(C(C)/C=C/c3ccc(C)c(C)c3)OC(=O)C(CC(C)C)OC(=O)C(C)(C)CNC2=O)cc1Cl. The third-order valence-corrected chi connectivity index (χ3v) is 8.65. The molecule has 4 unspecified atom stereocenters. The van der Waals surface area contributed by atoms with Crippen LogP contribution in [0.4, 0.5) is 0 Å². The van der Waals surface area contributed by atoms with Crippen LogP contribution in [-0.2, 0) is 35.1 Å². The minimum absolute atomic E-state index is 0.0279. The second-order valence-corrected chi connectivity index (χ2v) is 13.9. The summed E-state index contributed by atoms with van der Waals surface area (Å²) in [5, 5.41) is 5.92. The van der Waals surface area contributed by atoms with E-state index in [4.69, 9.17) is 25.8 Å². The maximum absolute atomic E-state index is 13.6. The smallest absolute Gasteiger partial charge is 0.347 e. The fourth-order valence-corrected chi connectivity index (χ4v) is 5.35. The van der Waals surface area contributed by atoms with Gasteiger partial charge in [-0.1, -0.05) is 74.9 Å². The first-order valence-electron chi connectivity index (χ1n) is 16.3. The van der Waals surface area contributed by atoms with Crippen molar-refractivity contribution in [2.24, 2.45) is 17.3 Å². The van der Waals surface area contributed by atoms with E-state index in [-0.39, 0.29) is 37.6 Å². The van der Waals surface area contributed by atoms with Gasteiger partial charge >= 0.3 is 11.9 Å². The Kier molecular flexibility index (Phi) is 13.8. The highest BCUT2D eigenvalue weighted by Gasteiger charge is 2.37. The fourth-order valence-electron chi connectivity index (χ4n) is 5.07. The zero-order valence-electron chi connectivity index (χ0n) is 29.2. The van der Waals surface area contributed by atoms with E-state index in [1.807, 2.05) is 45.9 Å². The van der Waals surface area contributed by atoms with E-state index in [1.165, 1.54) is 24.3 Å². The summed E-state index contributed by atoms with van der Waals surface area (Å²) in [5.41, 5.74) is 2.87. The molecule has 0 aliphatic carbocycles. The van der Waals surface area contributed by atoms with Crippen molar-refractivity contribution in [2.45, 2.75) is 86.0 Å². The number of hydrogen-bond acceptors (Lipinski definition) is 7. The standard InChI is InChI=1S/C38H49ClN2O7/c1-23(2)18-33-36(44)47-31(25(4)13-15-27-14-12-24(3)26(5)19-27)10-9-11-34(42)41-30(21-28-16-17-32(46-8)29(39)20-28)35(43)40-22-38(6,7)37(45)48-33/h9,11-17,19-20,23,25,30-31,33H,10,18,21-22H2,1-8H3,(H,40,43)(H,41,42)/b11-9+,15-13+. The lowest BCUT2D eigenvalue weighted by atomic mass is 9.93. The highest BCUT2D eigenvalue weighted by Crippen LogP contribution is 2.26. The lowest BCUT2D eigenvalue weighted by Gasteiger charge is -2.29. The van der Waals surface area contributed by atoms with Gasteiger partial charge in [0.1, 0.15) is 17.9 Å². The Labute approximate surface area is 289 Å². The second-order valence-electron chi connectivity index (χ2n) is 13.5. The van der Waals surface area contributed by atoms with Gasteiger partial charge in [-0.25, -0.2) is 4.79 Å². The molecular weight excluding hydrogens is 632 g/mol. The topological polar surface area (TPSA) is 120 Å². The molecule has 1 heterocycles. The second kappa shape index (κ2) is 17.3. The molecule has 260 valence electrons. The summed E-state index contributed by atoms with van der Waals surface area (Å²) in [4.78, 5) is 53.6. The molecule has 0 fully saturated rings. The monoisotopic (exact) mass is 680 g/mol. The number of hydrogen-bond donors (Lipinski definition) is 2. The van der Waals surface area contributed by atoms with Crippen LogP contribution in [0, 0.1) is 31.1 Å². The van der Waals surface area contributed by atoms with Gasteiger partial charge in [-0.2, -0.15) is 0 Å². The fraction of sp³-hybridized carbons (Fsp3) is 0.474. The van der Waals surface area contributed by atoms with Crippen LogP contribution in [0.1, 0.15) is 69.7 Å². The van der Waals surface area contributed by atoms with Gasteiger partial charge in [0.25, 0.3) is 0 Å². The predicted octanol–water partition coefficient (Wildman–Crippen LogP) is 6.31. The minimum atomic E-state index is -1.19. The predicted molar refractivity (Wildman–Crippen MR) is 188 cm³/mol. The lowest BCUT2D eigenvalue weighted by molar-refractivity contribution is -0.178. The average molecular weight is 681 g/mol. The van der Waals surface area contributed by atoms with E-state index in [0.717, 1.165) is 5.56 Å². The molecule has 48 heavy (non-hydrogen) atoms. The third-order valence-electron chi connectivity index (χ3n) is 8.36. The van der Waals surface area contributed by atoms with Crippen LogP contribution in [0.5, 0.6) is 5.75 Å². The molecule has 10 heteroatoms. The number of benzene rings is 2. The van der Waals surface area contributed by atoms with Crippen molar-refractivity contribution in [1.29, 1.82) is 0 Å². The Balaban J connectivity index is 1.95. The highest BCUT2D eigenvalue weighted by atomic mass is 35.5. The van der Waals surface area contributed by atoms with Crippen LogP contribution in [0.15, 0.2) is 54.6 Å². The van der Waals surface area contributed by atoms with Crippen LogP contribution in [0.3, 0.4) is 0 Å². The molecule has 0 radical (unpaired) electrons. The molecule has 0 spiro atoms. The molecule has 0 saturated heterocycles. The van der Waals surface area contributed by atoms with Crippen molar-refractivity contribution in [2.75, 3.05) is 13.7 Å². The van der Waals surface area contributed by atoms with Gasteiger partial charge in [0.2, 0.25) is 11.8 Å². The average Bonchev–Trinajstić information content (AvgIpc) is 3.02. The van der Waals surface area contributed by atoms with Crippen LogP contribution < -0.4 is 15.4 Å². The lowest BCUT2D eigenvalue weighted by Crippen LogP contribution is -2.51. The van der Waals surface area contributed by atoms with E-state index < -0.39 is 47.4 Å². The number of rotatable bonds is 8. The molecule has 2 aromatic carbocycles. The molecule has 2 aromatic rings. The summed E-state index contributed by atoms with van der Waals surface area (Å²) in [6.07, 6.45) is 5.68. The maximum atomic E-state index is 13.6. The minimum Gasteiger partial charge on any atom is -0.495 e. The van der Waals surface area contributed by atoms with Gasteiger partial charge in [0.05, 0.1) is 17.5 Å². The zero-order valence-corrected chi connectivity index (χ0v) is 30.0. The van der Waals surface area contributed by atoms with E-state index in [1.54, 1.807) is 38.1 Å². The van der Waals surface area contributed by atoms with Gasteiger partial charge < -0.3 is 24.8 Å². The molecule has 0 aromatic heterocycles. The first kappa shape index (κ1) is 38.3. The molecule has 9 nitrogen and oxygen atoms in total. The molecule has 1 aliphatic rings. The maximum Gasteiger partial charge on any atom is 0.347 e. The number of aryl methyl sites for hydroxylation is 2. The van der Waals surface area contributed by atoms with E-state index >= 15 is 0 Å². The number of ether oxygens (including phenoxy) is 3. The van der Waals surface area contributed by atoms with Crippen LogP contribution >= 0.6 is 11.6 Å². The summed E-state index contributed by atoms with van der Waals surface area (Å²) in [6, 6.07) is 10.3. The van der Waals surface area contributed by atoms with Crippen LogP contribution in [0.25, 0.3) is 6.08 Å². The molecule has 2 N–H and O–H groups in total. The Bertz CT molecular complexity index is 1530. The first-order chi connectivity index (χ1) is 22.6. The molecule has 0 saturated carbocycles. The number of halogens is 1. The molecule has 2 amide bonds. The normalized spacial score (nSPS) is 22.4. The Morgan fingerprint density at radius 3 is 2.40 bits per heavy atom. The van der Waals surface area contributed by atoms with Crippen molar-refractivity contribution >= 4 is 41.4 Å². The van der Waals surface area contributed by atoms with E-state index in [9.17, 15) is 19.2 Å². The van der Waals surface area contributed by atoms with Gasteiger partial charge in [-0.15, -0.1) is 0 Å². The summed E-state index contributed by atoms with van der Waals surface area (Å²) in [7, 11) is 1.51. The summed E-state index contributed by atoms with van der Waals surface area (Å²) in [5.74, 6) is -2.04. The number of carbonyl (C=O) groups excluding carboxylic acids is 4. The Morgan fingerprint density at radius 1 is 1.02 bits per heavy atom. The van der Waals surface area contributed by atoms with E-state index in [0.29, 0.717) is 16.3 Å². The van der Waals surface area contributed by atoms with Crippen LogP contribution in [0.2, 0.25) is 5.02 Å². The number of nitrogens with one attached hydrogen (secondary N) is 2. The number of esters is 2. The number of carbonyl (C=O) groups is 4. The van der Waals surface area contributed by atoms with E-state index in [2.05, 4.69) is 29.7 Å². The zero-order chi connectivity index (χ0) is 35.6. The third kappa shape index (κ3) is 11.3. The number of cyclic esters (lactones) is 2. The van der Waals surface area contributed by atoms with Crippen molar-refractivity contribution < 1.29 is 33.4 Å². The Morgan fingerprint density at radius 2 is 1.75 bits per heavy atom. The Hall–Kier alpha value is -4.11. The van der Waals surface area contributed by atoms with Crippen molar-refractivity contribution in [3.63, 3.8) is 0 Å². The number of amides is 2. The highest BCUT2D eigenvalue weighted by molar-refractivity contribution is 6.32. The first-order valence-corrected chi connectivity index (χ1v) is 16.7. The van der Waals surface area contributed by atoms with Gasteiger partial charge in [0.15, 0.2) is 6.10 Å².